The summed E-state index contributed by atoms with van der Waals surface area (Å²) in [5, 5.41) is 5.80. The van der Waals surface area contributed by atoms with Gasteiger partial charge in [-0.15, -0.1) is 24.8 Å². The van der Waals surface area contributed by atoms with Crippen molar-refractivity contribution < 1.29 is 9.21 Å². The van der Waals surface area contributed by atoms with Gasteiger partial charge in [0.05, 0.1) is 12.1 Å². The fraction of sp³-hybridized carbons (Fsp3) is 0.333. The van der Waals surface area contributed by atoms with Crippen molar-refractivity contribution in [3.8, 4) is 11.5 Å². The Morgan fingerprint density at radius 2 is 1.86 bits per heavy atom. The summed E-state index contributed by atoms with van der Waals surface area (Å²) < 4.78 is 5.62. The Bertz CT molecular complexity index is 573. The lowest BCUT2D eigenvalue weighted by atomic mass is 10.2. The third kappa shape index (κ3) is 5.67. The number of rotatable bonds is 6. The zero-order chi connectivity index (χ0) is 14.4. The van der Waals surface area contributed by atoms with Crippen molar-refractivity contribution in [3.63, 3.8) is 0 Å². The lowest BCUT2D eigenvalue weighted by Gasteiger charge is -2.02. The topological polar surface area (TPSA) is 67.2 Å². The molecule has 2 rings (SSSR count). The number of nitrogens with one attached hydrogen (secondary N) is 2. The van der Waals surface area contributed by atoms with Crippen LogP contribution in [0.25, 0.3) is 11.5 Å². The Morgan fingerprint density at radius 3 is 2.50 bits per heavy atom. The maximum absolute atomic E-state index is 11.8. The van der Waals surface area contributed by atoms with Crippen LogP contribution >= 0.6 is 24.8 Å². The van der Waals surface area contributed by atoms with Crippen molar-refractivity contribution in [1.82, 2.24) is 15.6 Å². The van der Waals surface area contributed by atoms with Crippen molar-refractivity contribution in [2.75, 3.05) is 20.1 Å². The summed E-state index contributed by atoms with van der Waals surface area (Å²) >= 11 is 0. The van der Waals surface area contributed by atoms with Crippen LogP contribution in [0.5, 0.6) is 0 Å². The number of hydrogen-bond donors (Lipinski definition) is 2. The molecule has 1 amide bonds. The number of nitrogens with zero attached hydrogens (tertiary/aromatic N) is 1. The van der Waals surface area contributed by atoms with E-state index in [9.17, 15) is 4.79 Å². The van der Waals surface area contributed by atoms with Gasteiger partial charge in [-0.25, -0.2) is 4.98 Å². The number of benzene rings is 1. The van der Waals surface area contributed by atoms with Gasteiger partial charge in [-0.1, -0.05) is 18.2 Å². The van der Waals surface area contributed by atoms with Gasteiger partial charge in [0.1, 0.15) is 5.76 Å². The number of halogens is 2. The van der Waals surface area contributed by atoms with E-state index in [2.05, 4.69) is 15.6 Å². The first-order valence-electron chi connectivity index (χ1n) is 6.63. The van der Waals surface area contributed by atoms with E-state index in [1.807, 2.05) is 44.3 Å². The number of likely N-dealkylation sites (N-methyl/N-ethyl adjacent to an activating group) is 1. The van der Waals surface area contributed by atoms with Crippen LogP contribution in [0.2, 0.25) is 0 Å². The summed E-state index contributed by atoms with van der Waals surface area (Å²) in [6.07, 6.45) is 0.242. The second kappa shape index (κ2) is 10.2. The van der Waals surface area contributed by atoms with Crippen molar-refractivity contribution in [3.05, 3.63) is 41.8 Å². The van der Waals surface area contributed by atoms with E-state index in [1.165, 1.54) is 0 Å². The number of carbonyl (C=O) groups excluding carboxylic acids is 1. The van der Waals surface area contributed by atoms with Gasteiger partial charge < -0.3 is 15.1 Å². The molecule has 1 aromatic carbocycles. The molecular formula is C15H21Cl2N3O2. The van der Waals surface area contributed by atoms with Crippen molar-refractivity contribution in [2.24, 2.45) is 0 Å². The summed E-state index contributed by atoms with van der Waals surface area (Å²) in [5.74, 6) is 1.20. The number of hydrogen-bond acceptors (Lipinski definition) is 4. The number of amides is 1. The molecule has 1 heterocycles. The number of aromatic nitrogens is 1. The van der Waals surface area contributed by atoms with Crippen LogP contribution in [0.3, 0.4) is 0 Å². The van der Waals surface area contributed by atoms with E-state index in [1.54, 1.807) is 0 Å². The summed E-state index contributed by atoms with van der Waals surface area (Å²) in [5.41, 5.74) is 1.60. The summed E-state index contributed by atoms with van der Waals surface area (Å²) in [6, 6.07) is 9.66. The Morgan fingerprint density at radius 1 is 1.18 bits per heavy atom. The van der Waals surface area contributed by atoms with Gasteiger partial charge in [0.15, 0.2) is 0 Å². The lowest BCUT2D eigenvalue weighted by molar-refractivity contribution is -0.120. The van der Waals surface area contributed by atoms with E-state index in [4.69, 9.17) is 4.42 Å². The van der Waals surface area contributed by atoms with Crippen LogP contribution in [0.4, 0.5) is 0 Å². The summed E-state index contributed by atoms with van der Waals surface area (Å²) in [4.78, 5) is 16.2. The van der Waals surface area contributed by atoms with Crippen LogP contribution in [0.1, 0.15) is 11.5 Å². The van der Waals surface area contributed by atoms with Gasteiger partial charge in [0, 0.05) is 18.7 Å². The molecule has 0 aliphatic heterocycles. The van der Waals surface area contributed by atoms with Gasteiger partial charge in [-0.2, -0.15) is 0 Å². The molecule has 0 saturated carbocycles. The molecule has 2 N–H and O–H groups in total. The molecule has 0 aliphatic rings. The van der Waals surface area contributed by atoms with Crippen LogP contribution in [-0.2, 0) is 11.2 Å². The highest BCUT2D eigenvalue weighted by Gasteiger charge is 2.14. The standard InChI is InChI=1S/C15H19N3O2.2ClH/c1-11-13(10-14(19)17-9-8-16-2)18-15(20-11)12-6-4-3-5-7-12;;/h3-7,16H,8-10H2,1-2H3,(H,17,19);2*1H. The molecule has 0 spiro atoms. The highest BCUT2D eigenvalue weighted by molar-refractivity contribution is 5.85. The molecular weight excluding hydrogens is 325 g/mol. The smallest absolute Gasteiger partial charge is 0.226 e. The minimum absolute atomic E-state index is 0. The highest BCUT2D eigenvalue weighted by atomic mass is 35.5. The molecule has 0 atom stereocenters. The predicted octanol–water partition coefficient (Wildman–Crippen LogP) is 2.37. The molecule has 122 valence electrons. The van der Waals surface area contributed by atoms with Crippen LogP contribution in [-0.4, -0.2) is 31.0 Å². The fourth-order valence-electron chi connectivity index (χ4n) is 1.84. The monoisotopic (exact) mass is 345 g/mol. The number of oxazole rings is 1. The summed E-state index contributed by atoms with van der Waals surface area (Å²) in [7, 11) is 1.85. The minimum atomic E-state index is -0.0451. The molecule has 5 nitrogen and oxygen atoms in total. The van der Waals surface area contributed by atoms with E-state index in [0.29, 0.717) is 23.9 Å². The van der Waals surface area contributed by atoms with Crippen LogP contribution in [0.15, 0.2) is 34.7 Å². The molecule has 0 unspecified atom stereocenters. The van der Waals surface area contributed by atoms with Gasteiger partial charge in [-0.3, -0.25) is 4.79 Å². The zero-order valence-electron chi connectivity index (χ0n) is 12.6. The predicted molar refractivity (Wildman–Crippen MR) is 91.8 cm³/mol. The summed E-state index contributed by atoms with van der Waals surface area (Å²) in [6.45, 7) is 3.19. The molecule has 22 heavy (non-hydrogen) atoms. The average Bonchev–Trinajstić information content (AvgIpc) is 2.81. The number of carbonyl (C=O) groups is 1. The third-order valence-corrected chi connectivity index (χ3v) is 2.94. The molecule has 0 aliphatic carbocycles. The Balaban J connectivity index is 0.00000220. The second-order valence-corrected chi connectivity index (χ2v) is 4.52. The van der Waals surface area contributed by atoms with Gasteiger partial charge in [-0.05, 0) is 26.1 Å². The van der Waals surface area contributed by atoms with Crippen LogP contribution < -0.4 is 10.6 Å². The maximum Gasteiger partial charge on any atom is 0.226 e. The highest BCUT2D eigenvalue weighted by Crippen LogP contribution is 2.21. The fourth-order valence-corrected chi connectivity index (χ4v) is 1.84. The molecule has 2 aromatic rings. The largest absolute Gasteiger partial charge is 0.441 e. The van der Waals surface area contributed by atoms with Gasteiger partial charge >= 0.3 is 0 Å². The van der Waals surface area contributed by atoms with E-state index in [-0.39, 0.29) is 37.1 Å². The van der Waals surface area contributed by atoms with E-state index < -0.39 is 0 Å². The Kier molecular flexibility index (Phi) is 9.49. The number of aryl methyl sites for hydroxylation is 1. The van der Waals surface area contributed by atoms with Crippen molar-refractivity contribution >= 4 is 30.7 Å². The lowest BCUT2D eigenvalue weighted by Crippen LogP contribution is -2.31. The molecule has 0 bridgehead atoms. The molecule has 0 radical (unpaired) electrons. The first kappa shape index (κ1) is 20.4. The Hall–Kier alpha value is -1.56. The first-order valence-corrected chi connectivity index (χ1v) is 6.63. The zero-order valence-corrected chi connectivity index (χ0v) is 14.2. The van der Waals surface area contributed by atoms with Gasteiger partial charge in [0.25, 0.3) is 0 Å². The molecule has 1 aromatic heterocycles. The third-order valence-electron chi connectivity index (χ3n) is 2.94. The molecule has 0 fully saturated rings. The van der Waals surface area contributed by atoms with Gasteiger partial charge in [0.2, 0.25) is 11.8 Å². The molecule has 0 saturated heterocycles. The minimum Gasteiger partial charge on any atom is -0.441 e. The second-order valence-electron chi connectivity index (χ2n) is 4.52. The quantitative estimate of drug-likeness (QED) is 0.788. The van der Waals surface area contributed by atoms with E-state index >= 15 is 0 Å². The SMILES string of the molecule is CNCCNC(=O)Cc1nc(-c2ccccc2)oc1C.Cl.Cl. The van der Waals surface area contributed by atoms with E-state index in [0.717, 1.165) is 12.1 Å². The van der Waals surface area contributed by atoms with Crippen LogP contribution in [0, 0.1) is 6.92 Å². The van der Waals surface area contributed by atoms with Crippen molar-refractivity contribution in [2.45, 2.75) is 13.3 Å². The normalized spacial score (nSPS) is 9.55. The molecule has 7 heteroatoms. The Labute approximate surface area is 142 Å². The average molecular weight is 346 g/mol. The van der Waals surface area contributed by atoms with Crippen molar-refractivity contribution in [1.29, 1.82) is 0 Å². The maximum atomic E-state index is 11.8. The first-order chi connectivity index (χ1) is 9.70.